The van der Waals surface area contributed by atoms with Gasteiger partial charge in [0.1, 0.15) is 5.76 Å². The molecule has 2 bridgehead atoms. The average molecular weight is 358 g/mol. The van der Waals surface area contributed by atoms with E-state index in [1.807, 2.05) is 30.1 Å². The van der Waals surface area contributed by atoms with Crippen LogP contribution in [0, 0.1) is 11.8 Å². The molecule has 2 N–H and O–H groups in total. The van der Waals surface area contributed by atoms with Crippen LogP contribution in [0.4, 0.5) is 0 Å². The number of nitrogens with one attached hydrogen (secondary N) is 2. The van der Waals surface area contributed by atoms with Crippen LogP contribution in [0.1, 0.15) is 24.3 Å². The van der Waals surface area contributed by atoms with Crippen LogP contribution >= 0.6 is 0 Å². The van der Waals surface area contributed by atoms with Crippen LogP contribution in [0.5, 0.6) is 0 Å². The van der Waals surface area contributed by atoms with E-state index in [2.05, 4.69) is 25.8 Å². The Labute approximate surface area is 152 Å². The number of fused-ring (bicyclic) bond motifs is 3. The molecule has 2 aromatic rings. The van der Waals surface area contributed by atoms with Crippen molar-refractivity contribution < 1.29 is 9.21 Å². The summed E-state index contributed by atoms with van der Waals surface area (Å²) in [5.74, 6) is 1.46. The van der Waals surface area contributed by atoms with Crippen molar-refractivity contribution >= 4 is 5.91 Å². The van der Waals surface area contributed by atoms with E-state index >= 15 is 0 Å². The molecule has 8 heteroatoms. The van der Waals surface area contributed by atoms with Gasteiger partial charge in [-0.2, -0.15) is 0 Å². The second-order valence-electron chi connectivity index (χ2n) is 7.30. The highest BCUT2D eigenvalue weighted by molar-refractivity contribution is 5.79. The molecule has 140 valence electrons. The minimum Gasteiger partial charge on any atom is -0.467 e. The summed E-state index contributed by atoms with van der Waals surface area (Å²) in [6.07, 6.45) is 5.78. The number of piperidine rings is 3. The summed E-state index contributed by atoms with van der Waals surface area (Å²) in [5.41, 5.74) is 0.957. The highest BCUT2D eigenvalue weighted by Crippen LogP contribution is 2.36. The summed E-state index contributed by atoms with van der Waals surface area (Å²) >= 11 is 0. The lowest BCUT2D eigenvalue weighted by atomic mass is 9.75. The second-order valence-corrected chi connectivity index (χ2v) is 7.30. The minimum absolute atomic E-state index is 0.0746. The van der Waals surface area contributed by atoms with Crippen LogP contribution in [0.15, 0.2) is 29.0 Å². The van der Waals surface area contributed by atoms with Crippen molar-refractivity contribution in [2.75, 3.05) is 20.1 Å². The van der Waals surface area contributed by atoms with E-state index in [4.69, 9.17) is 4.42 Å². The number of carbonyl (C=O) groups is 1. The topological polar surface area (TPSA) is 88.2 Å². The molecule has 8 nitrogen and oxygen atoms in total. The van der Waals surface area contributed by atoms with Gasteiger partial charge in [0.15, 0.2) is 0 Å². The van der Waals surface area contributed by atoms with Crippen LogP contribution in [0.3, 0.4) is 0 Å². The van der Waals surface area contributed by atoms with Crippen molar-refractivity contribution in [1.82, 2.24) is 30.5 Å². The molecule has 0 saturated carbocycles. The summed E-state index contributed by atoms with van der Waals surface area (Å²) in [7, 11) is 1.90. The molecule has 26 heavy (non-hydrogen) atoms. The second kappa shape index (κ2) is 7.59. The minimum atomic E-state index is 0.0746. The normalized spacial score (nSPS) is 27.6. The number of hydrogen-bond acceptors (Lipinski definition) is 6. The summed E-state index contributed by atoms with van der Waals surface area (Å²) in [6, 6.07) is 4.16. The molecule has 2 aromatic heterocycles. The number of furan rings is 1. The molecule has 3 aliphatic rings. The number of carbonyl (C=O) groups excluding carboxylic acids is 1. The van der Waals surface area contributed by atoms with Gasteiger partial charge in [-0.3, -0.25) is 14.4 Å². The van der Waals surface area contributed by atoms with Gasteiger partial charge in [0, 0.05) is 25.3 Å². The molecular formula is C18H26N6O2. The SMILES string of the molecule is CNCc1cn(CC2CC3CCN2CC3C(=O)NCc2ccco2)nn1. The van der Waals surface area contributed by atoms with Crippen LogP contribution in [-0.4, -0.2) is 52.0 Å². The lowest BCUT2D eigenvalue weighted by molar-refractivity contribution is -0.133. The van der Waals surface area contributed by atoms with Gasteiger partial charge >= 0.3 is 0 Å². The molecular weight excluding hydrogens is 332 g/mol. The summed E-state index contributed by atoms with van der Waals surface area (Å²) < 4.78 is 7.23. The number of nitrogens with zero attached hydrogens (tertiary/aromatic N) is 4. The summed E-state index contributed by atoms with van der Waals surface area (Å²) in [5, 5.41) is 14.5. The molecule has 1 amide bonds. The lowest BCUT2D eigenvalue weighted by Gasteiger charge is -2.49. The molecule has 0 aromatic carbocycles. The van der Waals surface area contributed by atoms with Crippen LogP contribution in [0.25, 0.3) is 0 Å². The van der Waals surface area contributed by atoms with Gasteiger partial charge in [0.25, 0.3) is 0 Å². The van der Waals surface area contributed by atoms with Gasteiger partial charge < -0.3 is 15.1 Å². The van der Waals surface area contributed by atoms with E-state index in [1.165, 1.54) is 0 Å². The predicted molar refractivity (Wildman–Crippen MR) is 94.9 cm³/mol. The number of aromatic nitrogens is 3. The van der Waals surface area contributed by atoms with E-state index in [0.717, 1.165) is 50.5 Å². The van der Waals surface area contributed by atoms with E-state index < -0.39 is 0 Å². The molecule has 5 heterocycles. The Kier molecular flexibility index (Phi) is 5.03. The number of hydrogen-bond donors (Lipinski definition) is 2. The first-order valence-corrected chi connectivity index (χ1v) is 9.30. The molecule has 3 fully saturated rings. The Morgan fingerprint density at radius 2 is 2.35 bits per heavy atom. The van der Waals surface area contributed by atoms with Crippen LogP contribution < -0.4 is 10.6 Å². The maximum atomic E-state index is 12.6. The zero-order valence-corrected chi connectivity index (χ0v) is 15.1. The number of rotatable bonds is 7. The summed E-state index contributed by atoms with van der Waals surface area (Å²) in [6.45, 7) is 3.93. The quantitative estimate of drug-likeness (QED) is 0.754. The van der Waals surface area contributed by atoms with Gasteiger partial charge in [0.2, 0.25) is 5.91 Å². The predicted octanol–water partition coefficient (Wildman–Crippen LogP) is 0.617. The Morgan fingerprint density at radius 3 is 3.08 bits per heavy atom. The average Bonchev–Trinajstić information content (AvgIpc) is 3.33. The molecule has 0 aliphatic carbocycles. The van der Waals surface area contributed by atoms with Gasteiger partial charge in [-0.25, -0.2) is 0 Å². The first-order valence-electron chi connectivity index (χ1n) is 9.30. The molecule has 3 aliphatic heterocycles. The Bertz CT molecular complexity index is 728. The van der Waals surface area contributed by atoms with Crippen LogP contribution in [0.2, 0.25) is 0 Å². The monoisotopic (exact) mass is 358 g/mol. The maximum absolute atomic E-state index is 12.6. The summed E-state index contributed by atoms with van der Waals surface area (Å²) in [4.78, 5) is 15.1. The Hall–Kier alpha value is -2.19. The molecule has 0 radical (unpaired) electrons. The van der Waals surface area contributed by atoms with E-state index in [1.54, 1.807) is 6.26 Å². The third-order valence-electron chi connectivity index (χ3n) is 5.57. The number of amides is 1. The lowest BCUT2D eigenvalue weighted by Crippen LogP contribution is -2.57. The standard InChI is InChI=1S/C18H26N6O2/c1-19-8-14-10-24(22-21-14)11-15-7-13-4-5-23(15)12-17(13)18(25)20-9-16-3-2-6-26-16/h2-3,6,10,13,15,17,19H,4-5,7-9,11-12H2,1H3,(H,20,25). The van der Waals surface area contributed by atoms with Crippen molar-refractivity contribution in [3.63, 3.8) is 0 Å². The van der Waals surface area contributed by atoms with Gasteiger partial charge in [-0.15, -0.1) is 5.10 Å². The third-order valence-corrected chi connectivity index (χ3v) is 5.57. The van der Waals surface area contributed by atoms with E-state index in [9.17, 15) is 4.79 Å². The Morgan fingerprint density at radius 1 is 1.42 bits per heavy atom. The zero-order chi connectivity index (χ0) is 17.9. The molecule has 0 spiro atoms. The van der Waals surface area contributed by atoms with E-state index in [0.29, 0.717) is 18.5 Å². The fourth-order valence-electron chi connectivity index (χ4n) is 4.25. The maximum Gasteiger partial charge on any atom is 0.225 e. The largest absolute Gasteiger partial charge is 0.467 e. The van der Waals surface area contributed by atoms with Crippen molar-refractivity contribution in [1.29, 1.82) is 0 Å². The fourth-order valence-corrected chi connectivity index (χ4v) is 4.25. The Balaban J connectivity index is 1.32. The van der Waals surface area contributed by atoms with Gasteiger partial charge in [-0.05, 0) is 44.5 Å². The van der Waals surface area contributed by atoms with Crippen LogP contribution in [-0.2, 0) is 24.4 Å². The van der Waals surface area contributed by atoms with Gasteiger partial charge in [-0.1, -0.05) is 5.21 Å². The van der Waals surface area contributed by atoms with Crippen molar-refractivity contribution in [2.24, 2.45) is 11.8 Å². The van der Waals surface area contributed by atoms with E-state index in [-0.39, 0.29) is 11.8 Å². The smallest absolute Gasteiger partial charge is 0.225 e. The van der Waals surface area contributed by atoms with Crippen molar-refractivity contribution in [3.05, 3.63) is 36.0 Å². The molecule has 3 saturated heterocycles. The van der Waals surface area contributed by atoms with Crippen molar-refractivity contribution in [3.8, 4) is 0 Å². The first kappa shape index (κ1) is 17.2. The third kappa shape index (κ3) is 3.66. The molecule has 5 rings (SSSR count). The molecule has 4 unspecified atom stereocenters. The zero-order valence-electron chi connectivity index (χ0n) is 15.1. The fraction of sp³-hybridized carbons (Fsp3) is 0.611. The highest BCUT2D eigenvalue weighted by atomic mass is 16.3. The van der Waals surface area contributed by atoms with Crippen molar-refractivity contribution in [2.45, 2.75) is 38.5 Å². The highest BCUT2D eigenvalue weighted by Gasteiger charge is 2.43. The first-order chi connectivity index (χ1) is 12.7. The van der Waals surface area contributed by atoms with Gasteiger partial charge in [0.05, 0.1) is 31.0 Å². The molecule has 4 atom stereocenters.